The van der Waals surface area contributed by atoms with Gasteiger partial charge in [-0.1, -0.05) is 6.92 Å². The summed E-state index contributed by atoms with van der Waals surface area (Å²) in [7, 11) is -3.71. The zero-order valence-electron chi connectivity index (χ0n) is 10.3. The smallest absolute Gasteiger partial charge is 0.274 e. The number of aryl methyl sites for hydroxylation is 1. The quantitative estimate of drug-likeness (QED) is 0.838. The fraction of sp³-hybridized carbons (Fsp3) is 0.364. The summed E-state index contributed by atoms with van der Waals surface area (Å²) >= 11 is 1.47. The highest BCUT2D eigenvalue weighted by atomic mass is 32.2. The predicted molar refractivity (Wildman–Crippen MR) is 70.1 cm³/mol. The topological polar surface area (TPSA) is 92.4 Å². The van der Waals surface area contributed by atoms with Gasteiger partial charge in [-0.3, -0.25) is 0 Å². The molecule has 0 amide bonds. The normalized spacial score (nSPS) is 11.9. The Morgan fingerprint density at radius 3 is 2.84 bits per heavy atom. The number of hydrogen-bond donors (Lipinski definition) is 2. The number of furan rings is 1. The monoisotopic (exact) mass is 302 g/mol. The maximum atomic E-state index is 11.9. The first-order chi connectivity index (χ1) is 9.05. The standard InChI is InChI=1S/C11H14N2O4S2/c1-2-9-5-12-10(18-9)6-13-19(15,16)11-4-3-8(7-14)17-11/h3-5,13-14H,2,6-7H2,1H3. The molecule has 0 bridgehead atoms. The van der Waals surface area contributed by atoms with Crippen molar-refractivity contribution >= 4 is 21.4 Å². The van der Waals surface area contributed by atoms with Crippen LogP contribution < -0.4 is 4.72 Å². The van der Waals surface area contributed by atoms with E-state index in [2.05, 4.69) is 9.71 Å². The molecule has 0 fully saturated rings. The van der Waals surface area contributed by atoms with Gasteiger partial charge in [0.1, 0.15) is 17.4 Å². The summed E-state index contributed by atoms with van der Waals surface area (Å²) in [4.78, 5) is 5.23. The van der Waals surface area contributed by atoms with Crippen molar-refractivity contribution in [1.82, 2.24) is 9.71 Å². The zero-order chi connectivity index (χ0) is 13.9. The summed E-state index contributed by atoms with van der Waals surface area (Å²) < 4.78 is 31.2. The van der Waals surface area contributed by atoms with Gasteiger partial charge in [-0.2, -0.15) is 0 Å². The first kappa shape index (κ1) is 14.2. The Hall–Kier alpha value is -1.22. The van der Waals surface area contributed by atoms with E-state index in [0.29, 0.717) is 5.01 Å². The van der Waals surface area contributed by atoms with Gasteiger partial charge in [-0.15, -0.1) is 11.3 Å². The van der Waals surface area contributed by atoms with Crippen molar-refractivity contribution in [2.45, 2.75) is 31.6 Å². The van der Waals surface area contributed by atoms with E-state index in [9.17, 15) is 8.42 Å². The molecule has 6 nitrogen and oxygen atoms in total. The van der Waals surface area contributed by atoms with E-state index in [1.807, 2.05) is 6.92 Å². The summed E-state index contributed by atoms with van der Waals surface area (Å²) in [6, 6.07) is 2.74. The van der Waals surface area contributed by atoms with Crippen molar-refractivity contribution in [1.29, 1.82) is 0 Å². The highest BCUT2D eigenvalue weighted by molar-refractivity contribution is 7.89. The van der Waals surface area contributed by atoms with Crippen LogP contribution in [0.15, 0.2) is 27.8 Å². The molecule has 0 saturated heterocycles. The van der Waals surface area contributed by atoms with Crippen LogP contribution >= 0.6 is 11.3 Å². The molecule has 2 rings (SSSR count). The fourth-order valence-electron chi connectivity index (χ4n) is 1.41. The van der Waals surface area contributed by atoms with Crippen molar-refractivity contribution in [2.24, 2.45) is 0 Å². The van der Waals surface area contributed by atoms with Crippen molar-refractivity contribution < 1.29 is 17.9 Å². The predicted octanol–water partition coefficient (Wildman–Crippen LogP) is 1.27. The van der Waals surface area contributed by atoms with Gasteiger partial charge in [-0.05, 0) is 18.6 Å². The lowest BCUT2D eigenvalue weighted by molar-refractivity contribution is 0.236. The van der Waals surface area contributed by atoms with Gasteiger partial charge in [0.15, 0.2) is 0 Å². The summed E-state index contributed by atoms with van der Waals surface area (Å²) in [5, 5.41) is 9.34. The Balaban J connectivity index is 2.05. The summed E-state index contributed by atoms with van der Waals surface area (Å²) in [6.07, 6.45) is 2.62. The fourth-order valence-corrected chi connectivity index (χ4v) is 3.24. The van der Waals surface area contributed by atoms with Crippen molar-refractivity contribution in [3.05, 3.63) is 34.0 Å². The first-order valence-electron chi connectivity index (χ1n) is 5.68. The molecule has 19 heavy (non-hydrogen) atoms. The molecule has 2 N–H and O–H groups in total. The average molecular weight is 302 g/mol. The second-order valence-corrected chi connectivity index (χ2v) is 6.67. The van der Waals surface area contributed by atoms with Crippen LogP contribution in [-0.4, -0.2) is 18.5 Å². The number of rotatable bonds is 6. The molecule has 0 atom stereocenters. The Labute approximate surface area is 115 Å². The van der Waals surface area contributed by atoms with Crippen LogP contribution in [0.5, 0.6) is 0 Å². The molecule has 8 heteroatoms. The van der Waals surface area contributed by atoms with Gasteiger partial charge in [-0.25, -0.2) is 18.1 Å². The minimum atomic E-state index is -3.71. The maximum Gasteiger partial charge on any atom is 0.274 e. The highest BCUT2D eigenvalue weighted by Crippen LogP contribution is 2.16. The number of hydrogen-bond acceptors (Lipinski definition) is 6. The van der Waals surface area contributed by atoms with Gasteiger partial charge in [0, 0.05) is 11.1 Å². The molecule has 0 aromatic carbocycles. The number of aliphatic hydroxyl groups is 1. The van der Waals surface area contributed by atoms with Crippen LogP contribution in [0.2, 0.25) is 0 Å². The van der Waals surface area contributed by atoms with E-state index in [4.69, 9.17) is 9.52 Å². The Morgan fingerprint density at radius 2 is 2.26 bits per heavy atom. The average Bonchev–Trinajstić information content (AvgIpc) is 3.05. The molecule has 0 radical (unpaired) electrons. The third-order valence-electron chi connectivity index (χ3n) is 2.42. The van der Waals surface area contributed by atoms with Gasteiger partial charge in [0.25, 0.3) is 10.0 Å². The van der Waals surface area contributed by atoms with E-state index in [1.165, 1.54) is 23.5 Å². The lowest BCUT2D eigenvalue weighted by atomic mass is 10.4. The lowest BCUT2D eigenvalue weighted by Crippen LogP contribution is -2.22. The second-order valence-electron chi connectivity index (χ2n) is 3.78. The minimum Gasteiger partial charge on any atom is -0.446 e. The van der Waals surface area contributed by atoms with Crippen LogP contribution in [0, 0.1) is 0 Å². The number of thiazole rings is 1. The van der Waals surface area contributed by atoms with Crippen molar-refractivity contribution in [2.75, 3.05) is 0 Å². The third kappa shape index (κ3) is 3.41. The molecule has 0 aliphatic carbocycles. The van der Waals surface area contributed by atoms with Crippen LogP contribution in [0.4, 0.5) is 0 Å². The molecule has 0 saturated carbocycles. The minimum absolute atomic E-state index is 0.127. The van der Waals surface area contributed by atoms with Crippen LogP contribution in [0.25, 0.3) is 0 Å². The van der Waals surface area contributed by atoms with Gasteiger partial charge in [0.2, 0.25) is 5.09 Å². The van der Waals surface area contributed by atoms with E-state index < -0.39 is 10.0 Å². The van der Waals surface area contributed by atoms with E-state index in [0.717, 1.165) is 11.3 Å². The molecular formula is C11H14N2O4S2. The Kier molecular flexibility index (Phi) is 4.35. The van der Waals surface area contributed by atoms with E-state index in [1.54, 1.807) is 6.20 Å². The molecule has 0 aliphatic heterocycles. The third-order valence-corrected chi connectivity index (χ3v) is 4.84. The summed E-state index contributed by atoms with van der Waals surface area (Å²) in [6.45, 7) is 1.81. The molecule has 0 spiro atoms. The Bertz CT molecular complexity index is 645. The second kappa shape index (κ2) is 5.83. The molecular weight excluding hydrogens is 288 g/mol. The maximum absolute atomic E-state index is 11.9. The molecule has 104 valence electrons. The zero-order valence-corrected chi connectivity index (χ0v) is 11.9. The number of sulfonamides is 1. The van der Waals surface area contributed by atoms with Crippen molar-refractivity contribution in [3.8, 4) is 0 Å². The van der Waals surface area contributed by atoms with Gasteiger partial charge in [0.05, 0.1) is 6.54 Å². The molecule has 0 unspecified atom stereocenters. The lowest BCUT2D eigenvalue weighted by Gasteiger charge is -2.01. The van der Waals surface area contributed by atoms with Crippen LogP contribution in [0.3, 0.4) is 0 Å². The SMILES string of the molecule is CCc1cnc(CNS(=O)(=O)c2ccc(CO)o2)s1. The highest BCUT2D eigenvalue weighted by Gasteiger charge is 2.18. The van der Waals surface area contributed by atoms with E-state index >= 15 is 0 Å². The summed E-state index contributed by atoms with van der Waals surface area (Å²) in [5.41, 5.74) is 0. The Morgan fingerprint density at radius 1 is 1.47 bits per heavy atom. The molecule has 2 aromatic heterocycles. The number of aliphatic hydroxyl groups excluding tert-OH is 1. The van der Waals surface area contributed by atoms with Gasteiger partial charge >= 0.3 is 0 Å². The van der Waals surface area contributed by atoms with Gasteiger partial charge < -0.3 is 9.52 Å². The molecule has 2 heterocycles. The van der Waals surface area contributed by atoms with E-state index in [-0.39, 0.29) is 24.0 Å². The number of nitrogens with zero attached hydrogens (tertiary/aromatic N) is 1. The summed E-state index contributed by atoms with van der Waals surface area (Å²) in [5.74, 6) is 0.211. The largest absolute Gasteiger partial charge is 0.446 e. The van der Waals surface area contributed by atoms with Crippen molar-refractivity contribution in [3.63, 3.8) is 0 Å². The number of nitrogens with one attached hydrogen (secondary N) is 1. The van der Waals surface area contributed by atoms with Crippen LogP contribution in [-0.2, 0) is 29.6 Å². The molecule has 0 aliphatic rings. The number of aromatic nitrogens is 1. The van der Waals surface area contributed by atoms with Crippen LogP contribution in [0.1, 0.15) is 22.6 Å². The molecule has 2 aromatic rings. The first-order valence-corrected chi connectivity index (χ1v) is 7.98.